The van der Waals surface area contributed by atoms with Crippen LogP contribution in [0.4, 0.5) is 0 Å². The van der Waals surface area contributed by atoms with Crippen molar-refractivity contribution in [3.63, 3.8) is 0 Å². The first-order valence-corrected chi connectivity index (χ1v) is 19.3. The molecule has 8 aromatic carbocycles. The molecule has 0 amide bonds. The van der Waals surface area contributed by atoms with Gasteiger partial charge in [0.2, 0.25) is 0 Å². The summed E-state index contributed by atoms with van der Waals surface area (Å²) in [6.45, 7) is 0. The number of para-hydroxylation sites is 3. The van der Waals surface area contributed by atoms with Crippen molar-refractivity contribution in [1.82, 2.24) is 9.55 Å². The summed E-state index contributed by atoms with van der Waals surface area (Å²) in [5, 5.41) is 6.83. The minimum Gasteiger partial charge on any atom is -0.456 e. The predicted molar refractivity (Wildman–Crippen MR) is 235 cm³/mol. The Morgan fingerprint density at radius 2 is 0.947 bits per heavy atom. The summed E-state index contributed by atoms with van der Waals surface area (Å²) in [7, 11) is 0. The molecule has 0 unspecified atom stereocenters. The quantitative estimate of drug-likeness (QED) is 0.177. The molecule has 0 aliphatic carbocycles. The largest absolute Gasteiger partial charge is 0.456 e. The first kappa shape index (κ1) is 31.6. The summed E-state index contributed by atoms with van der Waals surface area (Å²) >= 11 is 0. The Balaban J connectivity index is 1.03. The number of rotatable bonds is 5. The fourth-order valence-corrected chi connectivity index (χ4v) is 8.73. The maximum atomic E-state index is 6.56. The van der Waals surface area contributed by atoms with Crippen molar-refractivity contribution in [2.75, 3.05) is 0 Å². The van der Waals surface area contributed by atoms with Crippen LogP contribution in [0.1, 0.15) is 0 Å². The zero-order chi connectivity index (χ0) is 37.5. The van der Waals surface area contributed by atoms with Crippen LogP contribution >= 0.6 is 0 Å². The van der Waals surface area contributed by atoms with Crippen molar-refractivity contribution >= 4 is 65.7 Å². The van der Waals surface area contributed by atoms with E-state index in [1.54, 1.807) is 0 Å². The Morgan fingerprint density at radius 1 is 0.333 bits per heavy atom. The second-order valence-electron chi connectivity index (χ2n) is 14.7. The van der Waals surface area contributed by atoms with Crippen LogP contribution < -0.4 is 0 Å². The molecule has 0 aliphatic rings. The lowest BCUT2D eigenvalue weighted by Crippen LogP contribution is -1.92. The van der Waals surface area contributed by atoms with Crippen molar-refractivity contribution in [3.8, 4) is 50.5 Å². The van der Waals surface area contributed by atoms with E-state index in [4.69, 9.17) is 13.8 Å². The molecule has 0 saturated carbocycles. The highest BCUT2D eigenvalue weighted by Crippen LogP contribution is 2.42. The molecule has 57 heavy (non-hydrogen) atoms. The van der Waals surface area contributed by atoms with Gasteiger partial charge < -0.3 is 13.4 Å². The van der Waals surface area contributed by atoms with Crippen LogP contribution in [-0.2, 0) is 0 Å². The van der Waals surface area contributed by atoms with Gasteiger partial charge in [-0.2, -0.15) is 0 Å². The first-order valence-electron chi connectivity index (χ1n) is 19.3. The molecule has 4 nitrogen and oxygen atoms in total. The number of aromatic nitrogens is 2. The summed E-state index contributed by atoms with van der Waals surface area (Å²) in [5.74, 6) is 0. The number of furan rings is 2. The number of benzene rings is 8. The SMILES string of the molecule is c1ccc(-c2cc(-c3cccc4oc5ccc(-c6ccc7c(c6)c6ccccc6n7-c6ccccc6)cc5c34)cc(-c3ccc4c(c3)oc3ccccc34)n2)cc1. The Labute approximate surface area is 327 Å². The third-order valence-corrected chi connectivity index (χ3v) is 11.4. The van der Waals surface area contributed by atoms with Crippen molar-refractivity contribution in [3.05, 3.63) is 194 Å². The van der Waals surface area contributed by atoms with Gasteiger partial charge in [0.15, 0.2) is 0 Å². The normalized spacial score (nSPS) is 11.9. The van der Waals surface area contributed by atoms with Gasteiger partial charge in [0.25, 0.3) is 0 Å². The Morgan fingerprint density at radius 3 is 1.81 bits per heavy atom. The van der Waals surface area contributed by atoms with Gasteiger partial charge in [-0.25, -0.2) is 4.98 Å². The van der Waals surface area contributed by atoms with Gasteiger partial charge >= 0.3 is 0 Å². The molecule has 12 aromatic rings. The van der Waals surface area contributed by atoms with E-state index in [0.29, 0.717) is 0 Å². The number of nitrogens with zero attached hydrogens (tertiary/aromatic N) is 2. The molecule has 4 heterocycles. The van der Waals surface area contributed by atoms with E-state index in [1.807, 2.05) is 18.2 Å². The molecule has 4 aromatic heterocycles. The van der Waals surface area contributed by atoms with E-state index in [9.17, 15) is 0 Å². The summed E-state index contributed by atoms with van der Waals surface area (Å²) in [5.41, 5.74) is 15.3. The van der Waals surface area contributed by atoms with Crippen LogP contribution in [0.15, 0.2) is 203 Å². The Bertz CT molecular complexity index is 3520. The van der Waals surface area contributed by atoms with Crippen molar-refractivity contribution < 1.29 is 8.83 Å². The molecular formula is C53H32N2O2. The molecule has 0 spiro atoms. The summed E-state index contributed by atoms with van der Waals surface area (Å²) in [4.78, 5) is 5.24. The molecule has 0 aliphatic heterocycles. The van der Waals surface area contributed by atoms with Crippen LogP contribution in [0.25, 0.3) is 116 Å². The molecular weight excluding hydrogens is 697 g/mol. The standard InChI is InChI=1S/C53H32N2O2/c1-3-12-33(13-4-1)45-30-37(31-46(54-45)36-22-25-42-41-17-8-10-20-49(41)57-52(42)32-36)39-18-11-21-51-53(39)44-29-35(24-27-50(44)56-51)34-23-26-48-43(28-34)40-16-7-9-19-47(40)55(48)38-14-5-2-6-15-38/h1-32H. The van der Waals surface area contributed by atoms with E-state index in [1.165, 1.54) is 21.8 Å². The highest BCUT2D eigenvalue weighted by molar-refractivity contribution is 6.15. The average molecular weight is 729 g/mol. The van der Waals surface area contributed by atoms with Crippen LogP contribution in [0, 0.1) is 0 Å². The third kappa shape index (κ3) is 5.04. The summed E-state index contributed by atoms with van der Waals surface area (Å²) < 4.78 is 15.2. The molecule has 0 bridgehead atoms. The van der Waals surface area contributed by atoms with Gasteiger partial charge in [-0.3, -0.25) is 0 Å². The van der Waals surface area contributed by atoms with Gasteiger partial charge in [-0.15, -0.1) is 0 Å². The number of hydrogen-bond acceptors (Lipinski definition) is 3. The van der Waals surface area contributed by atoms with E-state index in [2.05, 4.69) is 180 Å². The molecule has 12 rings (SSSR count). The zero-order valence-corrected chi connectivity index (χ0v) is 30.7. The molecule has 0 N–H and O–H groups in total. The molecule has 4 heteroatoms. The smallest absolute Gasteiger partial charge is 0.136 e. The highest BCUT2D eigenvalue weighted by atomic mass is 16.3. The van der Waals surface area contributed by atoms with Gasteiger partial charge in [0.05, 0.1) is 22.4 Å². The molecule has 0 saturated heterocycles. The fraction of sp³-hybridized carbons (Fsp3) is 0. The minimum absolute atomic E-state index is 0.848. The van der Waals surface area contributed by atoms with E-state index >= 15 is 0 Å². The predicted octanol–water partition coefficient (Wildman–Crippen LogP) is 14.6. The van der Waals surface area contributed by atoms with Crippen LogP contribution in [0.3, 0.4) is 0 Å². The average Bonchev–Trinajstić information content (AvgIpc) is 3.95. The maximum absolute atomic E-state index is 6.56. The molecule has 0 atom stereocenters. The fourth-order valence-electron chi connectivity index (χ4n) is 8.73. The van der Waals surface area contributed by atoms with Gasteiger partial charge in [-0.05, 0) is 101 Å². The van der Waals surface area contributed by atoms with Crippen LogP contribution in [-0.4, -0.2) is 9.55 Å². The number of pyridine rings is 1. The van der Waals surface area contributed by atoms with Crippen molar-refractivity contribution in [1.29, 1.82) is 0 Å². The second-order valence-corrected chi connectivity index (χ2v) is 14.7. The second kappa shape index (κ2) is 12.4. The lowest BCUT2D eigenvalue weighted by molar-refractivity contribution is 0.668. The van der Waals surface area contributed by atoms with Crippen LogP contribution in [0.5, 0.6) is 0 Å². The summed E-state index contributed by atoms with van der Waals surface area (Å²) in [6, 6.07) is 68.4. The number of hydrogen-bond donors (Lipinski definition) is 0. The summed E-state index contributed by atoms with van der Waals surface area (Å²) in [6.07, 6.45) is 0. The highest BCUT2D eigenvalue weighted by Gasteiger charge is 2.18. The molecule has 0 radical (unpaired) electrons. The van der Waals surface area contributed by atoms with E-state index in [0.717, 1.165) is 94.3 Å². The Hall–Kier alpha value is -7.69. The topological polar surface area (TPSA) is 44.1 Å². The lowest BCUT2D eigenvalue weighted by Gasteiger charge is -2.11. The van der Waals surface area contributed by atoms with Crippen LogP contribution in [0.2, 0.25) is 0 Å². The first-order chi connectivity index (χ1) is 28.2. The van der Waals surface area contributed by atoms with E-state index in [-0.39, 0.29) is 0 Å². The maximum Gasteiger partial charge on any atom is 0.136 e. The van der Waals surface area contributed by atoms with Crippen molar-refractivity contribution in [2.24, 2.45) is 0 Å². The number of fused-ring (bicyclic) bond motifs is 9. The molecule has 0 fully saturated rings. The minimum atomic E-state index is 0.848. The third-order valence-electron chi connectivity index (χ3n) is 11.4. The zero-order valence-electron chi connectivity index (χ0n) is 30.7. The molecule has 266 valence electrons. The van der Waals surface area contributed by atoms with E-state index < -0.39 is 0 Å². The van der Waals surface area contributed by atoms with Gasteiger partial charge in [0.1, 0.15) is 22.3 Å². The lowest BCUT2D eigenvalue weighted by atomic mass is 9.95. The van der Waals surface area contributed by atoms with Crippen molar-refractivity contribution in [2.45, 2.75) is 0 Å². The van der Waals surface area contributed by atoms with Gasteiger partial charge in [-0.1, -0.05) is 115 Å². The monoisotopic (exact) mass is 728 g/mol. The van der Waals surface area contributed by atoms with Gasteiger partial charge in [0, 0.05) is 49.1 Å². The Kier molecular flexibility index (Phi) is 6.89.